The molecule has 0 aliphatic rings. The van der Waals surface area contributed by atoms with Gasteiger partial charge in [0, 0.05) is 0 Å². The highest BCUT2D eigenvalue weighted by Crippen LogP contribution is 2.11. The van der Waals surface area contributed by atoms with Gasteiger partial charge in [-0.05, 0) is 24.3 Å². The van der Waals surface area contributed by atoms with Crippen LogP contribution in [0.15, 0.2) is 24.3 Å². The molecule has 1 rings (SSSR count). The summed E-state index contributed by atoms with van der Waals surface area (Å²) in [6.07, 6.45) is 0.218. The third kappa shape index (κ3) is 2.03. The summed E-state index contributed by atoms with van der Waals surface area (Å²) < 4.78 is 0. The van der Waals surface area contributed by atoms with Gasteiger partial charge in [0.25, 0.3) is 0 Å². The molecule has 0 radical (unpaired) electrons. The number of aromatic carboxylic acids is 1. The van der Waals surface area contributed by atoms with Crippen LogP contribution in [0, 0.1) is 0 Å². The topological polar surface area (TPSA) is 77.8 Å². The van der Waals surface area contributed by atoms with Crippen LogP contribution in [-0.2, 0) is 4.79 Å². The van der Waals surface area contributed by atoms with Crippen LogP contribution in [0.5, 0.6) is 0 Å². The number of benzene rings is 1. The summed E-state index contributed by atoms with van der Waals surface area (Å²) in [5.74, 6) is -1.05. The first-order valence-electron chi connectivity index (χ1n) is 3.42. The number of carboxylic acid groups (broad SMARTS) is 1. The van der Waals surface area contributed by atoms with Gasteiger partial charge in [0.15, 0.2) is 0 Å². The van der Waals surface area contributed by atoms with E-state index in [1.807, 2.05) is 0 Å². The van der Waals surface area contributed by atoms with Crippen molar-refractivity contribution in [3.05, 3.63) is 29.8 Å². The average Bonchev–Trinajstić information content (AvgIpc) is 2.17. The minimum absolute atomic E-state index is 0.100. The molecular weight excluding hydrogens is 174 g/mol. The van der Waals surface area contributed by atoms with Crippen LogP contribution in [0.25, 0.3) is 0 Å². The second-order valence-corrected chi connectivity index (χ2v) is 2.30. The number of carbonyl (C=O) groups is 2. The van der Waals surface area contributed by atoms with Crippen LogP contribution < -0.4 is 5.06 Å². The molecule has 1 aromatic rings. The molecule has 68 valence electrons. The third-order valence-electron chi connectivity index (χ3n) is 1.48. The Hall–Kier alpha value is -1.88. The van der Waals surface area contributed by atoms with E-state index < -0.39 is 5.97 Å². The first-order valence-corrected chi connectivity index (χ1v) is 3.42. The molecule has 5 heteroatoms. The quantitative estimate of drug-likeness (QED) is 0.409. The van der Waals surface area contributed by atoms with Gasteiger partial charge in [-0.3, -0.25) is 10.0 Å². The SMILES string of the molecule is O=CN(O)c1ccc(C(=O)O)cc1. The maximum Gasteiger partial charge on any atom is 0.335 e. The van der Waals surface area contributed by atoms with E-state index in [2.05, 4.69) is 0 Å². The number of anilines is 1. The van der Waals surface area contributed by atoms with Crippen LogP contribution in [0.2, 0.25) is 0 Å². The highest BCUT2D eigenvalue weighted by molar-refractivity contribution is 5.88. The van der Waals surface area contributed by atoms with E-state index in [9.17, 15) is 9.59 Å². The molecule has 1 amide bonds. The second kappa shape index (κ2) is 3.68. The normalized spacial score (nSPS) is 9.31. The number of hydrogen-bond acceptors (Lipinski definition) is 3. The molecule has 5 nitrogen and oxygen atoms in total. The molecule has 0 spiro atoms. The minimum Gasteiger partial charge on any atom is -0.478 e. The number of rotatable bonds is 3. The first-order chi connectivity index (χ1) is 6.15. The standard InChI is InChI=1S/C8H7NO4/c10-5-9(13)7-3-1-6(2-4-7)8(11)12/h1-5,13H,(H,11,12). The van der Waals surface area contributed by atoms with Crippen molar-refractivity contribution in [1.29, 1.82) is 0 Å². The molecule has 0 atom stereocenters. The lowest BCUT2D eigenvalue weighted by Gasteiger charge is -2.07. The van der Waals surface area contributed by atoms with Crippen molar-refractivity contribution in [1.82, 2.24) is 0 Å². The van der Waals surface area contributed by atoms with Gasteiger partial charge in [0.05, 0.1) is 11.3 Å². The zero-order chi connectivity index (χ0) is 9.84. The van der Waals surface area contributed by atoms with Gasteiger partial charge < -0.3 is 5.11 Å². The summed E-state index contributed by atoms with van der Waals surface area (Å²) in [6, 6.07) is 5.25. The molecule has 0 saturated heterocycles. The lowest BCUT2D eigenvalue weighted by molar-refractivity contribution is -0.111. The Bertz CT molecular complexity index is 319. The molecule has 0 saturated carbocycles. The van der Waals surface area contributed by atoms with E-state index in [1.54, 1.807) is 0 Å². The molecule has 0 unspecified atom stereocenters. The van der Waals surface area contributed by atoms with Gasteiger partial charge in [0.2, 0.25) is 6.41 Å². The molecular formula is C8H7NO4. The van der Waals surface area contributed by atoms with Crippen molar-refractivity contribution in [3.63, 3.8) is 0 Å². The van der Waals surface area contributed by atoms with Gasteiger partial charge in [-0.25, -0.2) is 4.79 Å². The van der Waals surface area contributed by atoms with Crippen LogP contribution in [0.1, 0.15) is 10.4 Å². The molecule has 0 heterocycles. The lowest BCUT2D eigenvalue weighted by atomic mass is 10.2. The van der Waals surface area contributed by atoms with Crippen molar-refractivity contribution >= 4 is 18.1 Å². The fourth-order valence-electron chi connectivity index (χ4n) is 0.818. The monoisotopic (exact) mass is 181 g/mol. The molecule has 0 aliphatic carbocycles. The molecule has 0 aromatic heterocycles. The van der Waals surface area contributed by atoms with Crippen molar-refractivity contribution in [2.75, 3.05) is 5.06 Å². The van der Waals surface area contributed by atoms with Gasteiger partial charge in [-0.2, -0.15) is 5.06 Å². The Morgan fingerprint density at radius 1 is 1.31 bits per heavy atom. The van der Waals surface area contributed by atoms with Gasteiger partial charge in [-0.15, -0.1) is 0 Å². The third-order valence-corrected chi connectivity index (χ3v) is 1.48. The van der Waals surface area contributed by atoms with Gasteiger partial charge in [-0.1, -0.05) is 0 Å². The summed E-state index contributed by atoms with van der Waals surface area (Å²) in [5.41, 5.74) is 0.322. The summed E-state index contributed by atoms with van der Waals surface area (Å²) >= 11 is 0. The van der Waals surface area contributed by atoms with Crippen LogP contribution in [0.4, 0.5) is 5.69 Å². The van der Waals surface area contributed by atoms with E-state index in [0.717, 1.165) is 0 Å². The number of amides is 1. The number of nitrogens with zero attached hydrogens (tertiary/aromatic N) is 1. The highest BCUT2D eigenvalue weighted by Gasteiger charge is 2.04. The van der Waals surface area contributed by atoms with Crippen molar-refractivity contribution in [3.8, 4) is 0 Å². The van der Waals surface area contributed by atoms with Crippen molar-refractivity contribution < 1.29 is 19.9 Å². The predicted molar refractivity (Wildman–Crippen MR) is 43.7 cm³/mol. The number of hydroxylamine groups is 1. The number of carbonyl (C=O) groups excluding carboxylic acids is 1. The van der Waals surface area contributed by atoms with Gasteiger partial charge >= 0.3 is 5.97 Å². The van der Waals surface area contributed by atoms with Crippen LogP contribution in [-0.4, -0.2) is 22.7 Å². The molecule has 0 aliphatic heterocycles. The van der Waals surface area contributed by atoms with E-state index in [-0.39, 0.29) is 17.7 Å². The predicted octanol–water partition coefficient (Wildman–Crippen LogP) is 0.737. The largest absolute Gasteiger partial charge is 0.478 e. The average molecular weight is 181 g/mol. The molecule has 0 bridgehead atoms. The summed E-state index contributed by atoms with van der Waals surface area (Å²) in [4.78, 5) is 20.5. The summed E-state index contributed by atoms with van der Waals surface area (Å²) in [5, 5.41) is 17.8. The highest BCUT2D eigenvalue weighted by atomic mass is 16.5. The Morgan fingerprint density at radius 2 is 1.85 bits per heavy atom. The Morgan fingerprint density at radius 3 is 2.23 bits per heavy atom. The van der Waals surface area contributed by atoms with E-state index in [0.29, 0.717) is 5.06 Å². The van der Waals surface area contributed by atoms with E-state index in [1.165, 1.54) is 24.3 Å². The lowest BCUT2D eigenvalue weighted by Crippen LogP contribution is -2.14. The summed E-state index contributed by atoms with van der Waals surface area (Å²) in [6.45, 7) is 0. The maximum absolute atomic E-state index is 10.4. The smallest absolute Gasteiger partial charge is 0.335 e. The van der Waals surface area contributed by atoms with E-state index >= 15 is 0 Å². The van der Waals surface area contributed by atoms with Gasteiger partial charge in [0.1, 0.15) is 0 Å². The summed E-state index contributed by atoms with van der Waals surface area (Å²) in [7, 11) is 0. The maximum atomic E-state index is 10.4. The molecule has 0 fully saturated rings. The molecule has 1 aromatic carbocycles. The Labute approximate surface area is 73.8 Å². The first kappa shape index (κ1) is 9.21. The van der Waals surface area contributed by atoms with Crippen LogP contribution in [0.3, 0.4) is 0 Å². The zero-order valence-corrected chi connectivity index (χ0v) is 6.54. The fourth-order valence-corrected chi connectivity index (χ4v) is 0.818. The molecule has 2 N–H and O–H groups in total. The Kier molecular flexibility index (Phi) is 2.61. The fraction of sp³-hybridized carbons (Fsp3) is 0. The van der Waals surface area contributed by atoms with E-state index in [4.69, 9.17) is 10.3 Å². The second-order valence-electron chi connectivity index (χ2n) is 2.30. The number of carboxylic acids is 1. The molecule has 13 heavy (non-hydrogen) atoms. The Balaban J connectivity index is 2.93. The van der Waals surface area contributed by atoms with Crippen LogP contribution >= 0.6 is 0 Å². The number of hydrogen-bond donors (Lipinski definition) is 2. The van der Waals surface area contributed by atoms with Crippen molar-refractivity contribution in [2.45, 2.75) is 0 Å². The zero-order valence-electron chi connectivity index (χ0n) is 6.54. The van der Waals surface area contributed by atoms with Crippen molar-refractivity contribution in [2.24, 2.45) is 0 Å². The minimum atomic E-state index is -1.05.